The van der Waals surface area contributed by atoms with E-state index in [0.717, 1.165) is 10.9 Å². The van der Waals surface area contributed by atoms with Crippen LogP contribution in [0.5, 0.6) is 5.75 Å². The minimum absolute atomic E-state index is 0.0517. The molecular weight excluding hydrogens is 345 g/mol. The second-order valence-corrected chi connectivity index (χ2v) is 6.20. The highest BCUT2D eigenvalue weighted by Gasteiger charge is 2.16. The Kier molecular flexibility index (Phi) is 5.16. The standard InChI is InChI=1S/C18H16FNO4S/c1-23-14-5-4-11(9-12(14)19)18(22)20-10-13(21)15-6-7-16(24-15)17-3-2-8-25-17/h2-9,13,21H,10H2,1H3,(H,20,22). The molecule has 0 bridgehead atoms. The van der Waals surface area contributed by atoms with Crippen LogP contribution in [-0.4, -0.2) is 24.7 Å². The zero-order chi connectivity index (χ0) is 17.8. The van der Waals surface area contributed by atoms with Crippen LogP contribution in [0.4, 0.5) is 4.39 Å². The van der Waals surface area contributed by atoms with Gasteiger partial charge in [-0.2, -0.15) is 0 Å². The zero-order valence-corrected chi connectivity index (χ0v) is 14.2. The molecule has 3 rings (SSSR count). The fourth-order valence-corrected chi connectivity index (χ4v) is 2.97. The lowest BCUT2D eigenvalue weighted by Crippen LogP contribution is -2.28. The number of halogens is 1. The maximum Gasteiger partial charge on any atom is 0.251 e. The van der Waals surface area contributed by atoms with Gasteiger partial charge in [0.1, 0.15) is 17.6 Å². The third-order valence-corrected chi connectivity index (χ3v) is 4.47. The minimum atomic E-state index is -0.999. The van der Waals surface area contributed by atoms with Crippen molar-refractivity contribution < 1.29 is 23.4 Å². The van der Waals surface area contributed by atoms with Gasteiger partial charge in [0.25, 0.3) is 5.91 Å². The maximum atomic E-state index is 13.6. The number of carbonyl (C=O) groups excluding carboxylic acids is 1. The van der Waals surface area contributed by atoms with Crippen LogP contribution in [0.1, 0.15) is 22.2 Å². The lowest BCUT2D eigenvalue weighted by atomic mass is 10.2. The third-order valence-electron chi connectivity index (χ3n) is 3.59. The van der Waals surface area contributed by atoms with Gasteiger partial charge in [0.2, 0.25) is 0 Å². The van der Waals surface area contributed by atoms with Crippen molar-refractivity contribution in [2.75, 3.05) is 13.7 Å². The summed E-state index contributed by atoms with van der Waals surface area (Å²) in [5.74, 6) is -0.0431. The van der Waals surface area contributed by atoms with Gasteiger partial charge in [-0.25, -0.2) is 4.39 Å². The fraction of sp³-hybridized carbons (Fsp3) is 0.167. The Hall–Kier alpha value is -2.64. The van der Waals surface area contributed by atoms with Gasteiger partial charge in [-0.3, -0.25) is 4.79 Å². The van der Waals surface area contributed by atoms with Crippen LogP contribution >= 0.6 is 11.3 Å². The van der Waals surface area contributed by atoms with Crippen molar-refractivity contribution in [2.24, 2.45) is 0 Å². The molecule has 0 spiro atoms. The van der Waals surface area contributed by atoms with Crippen molar-refractivity contribution in [2.45, 2.75) is 6.10 Å². The van der Waals surface area contributed by atoms with E-state index in [-0.39, 0.29) is 17.9 Å². The summed E-state index contributed by atoms with van der Waals surface area (Å²) < 4.78 is 24.1. The molecule has 1 atom stereocenters. The summed E-state index contributed by atoms with van der Waals surface area (Å²) in [4.78, 5) is 13.0. The zero-order valence-electron chi connectivity index (χ0n) is 13.4. The van der Waals surface area contributed by atoms with E-state index in [1.54, 1.807) is 12.1 Å². The van der Waals surface area contributed by atoms with Crippen LogP contribution in [0, 0.1) is 5.82 Å². The number of hydrogen-bond donors (Lipinski definition) is 2. The first kappa shape index (κ1) is 17.2. The van der Waals surface area contributed by atoms with Gasteiger partial charge in [-0.1, -0.05) is 6.07 Å². The molecule has 7 heteroatoms. The van der Waals surface area contributed by atoms with Crippen molar-refractivity contribution in [3.63, 3.8) is 0 Å². The highest BCUT2D eigenvalue weighted by atomic mass is 32.1. The molecule has 1 amide bonds. The highest BCUT2D eigenvalue weighted by Crippen LogP contribution is 2.28. The highest BCUT2D eigenvalue weighted by molar-refractivity contribution is 7.13. The van der Waals surface area contributed by atoms with Crippen molar-refractivity contribution in [3.8, 4) is 16.4 Å². The summed E-state index contributed by atoms with van der Waals surface area (Å²) in [7, 11) is 1.35. The molecule has 3 aromatic rings. The summed E-state index contributed by atoms with van der Waals surface area (Å²) in [5.41, 5.74) is 0.143. The number of amides is 1. The number of ether oxygens (including phenoxy) is 1. The van der Waals surface area contributed by atoms with E-state index in [0.29, 0.717) is 11.5 Å². The third kappa shape index (κ3) is 3.89. The molecule has 2 heterocycles. The Morgan fingerprint density at radius 3 is 2.88 bits per heavy atom. The monoisotopic (exact) mass is 361 g/mol. The number of benzene rings is 1. The van der Waals surface area contributed by atoms with E-state index in [4.69, 9.17) is 9.15 Å². The van der Waals surface area contributed by atoms with Gasteiger partial charge in [-0.05, 0) is 41.8 Å². The largest absolute Gasteiger partial charge is 0.494 e. The Bertz CT molecular complexity index is 860. The first-order valence-electron chi connectivity index (χ1n) is 7.52. The lowest BCUT2D eigenvalue weighted by Gasteiger charge is -2.10. The van der Waals surface area contributed by atoms with Crippen LogP contribution in [0.2, 0.25) is 0 Å². The molecule has 130 valence electrons. The number of hydrogen-bond acceptors (Lipinski definition) is 5. The van der Waals surface area contributed by atoms with Crippen LogP contribution in [-0.2, 0) is 0 Å². The van der Waals surface area contributed by atoms with Gasteiger partial charge in [0.05, 0.1) is 18.5 Å². The average molecular weight is 361 g/mol. The number of methoxy groups -OCH3 is 1. The summed E-state index contributed by atoms with van der Waals surface area (Å²) >= 11 is 1.53. The van der Waals surface area contributed by atoms with Crippen molar-refractivity contribution in [3.05, 3.63) is 65.0 Å². The van der Waals surface area contributed by atoms with Crippen LogP contribution in [0.15, 0.2) is 52.3 Å². The number of aliphatic hydroxyl groups excluding tert-OH is 1. The topological polar surface area (TPSA) is 71.7 Å². The molecule has 0 radical (unpaired) electrons. The Morgan fingerprint density at radius 1 is 1.36 bits per heavy atom. The quantitative estimate of drug-likeness (QED) is 0.703. The predicted molar refractivity (Wildman–Crippen MR) is 92.3 cm³/mol. The van der Waals surface area contributed by atoms with Crippen LogP contribution in [0.25, 0.3) is 10.6 Å². The molecular formula is C18H16FNO4S. The van der Waals surface area contributed by atoms with E-state index in [1.165, 1.54) is 30.6 Å². The number of thiophene rings is 1. The predicted octanol–water partition coefficient (Wildman–Crippen LogP) is 3.62. The fourth-order valence-electron chi connectivity index (χ4n) is 2.28. The van der Waals surface area contributed by atoms with Gasteiger partial charge in [0, 0.05) is 5.56 Å². The molecule has 0 saturated carbocycles. The molecule has 25 heavy (non-hydrogen) atoms. The summed E-state index contributed by atoms with van der Waals surface area (Å²) in [6.07, 6.45) is -0.999. The van der Waals surface area contributed by atoms with Gasteiger partial charge in [0.15, 0.2) is 11.6 Å². The number of carbonyl (C=O) groups is 1. The Morgan fingerprint density at radius 2 is 2.20 bits per heavy atom. The number of aliphatic hydroxyl groups is 1. The first-order valence-corrected chi connectivity index (χ1v) is 8.40. The van der Waals surface area contributed by atoms with Crippen LogP contribution in [0.3, 0.4) is 0 Å². The Balaban J connectivity index is 1.61. The first-order chi connectivity index (χ1) is 12.1. The Labute approximate surface area is 147 Å². The molecule has 0 aliphatic carbocycles. The molecule has 0 aliphatic rings. The molecule has 0 saturated heterocycles. The smallest absolute Gasteiger partial charge is 0.251 e. The number of rotatable bonds is 6. The van der Waals surface area contributed by atoms with E-state index < -0.39 is 17.8 Å². The average Bonchev–Trinajstić information content (AvgIpc) is 3.30. The minimum Gasteiger partial charge on any atom is -0.494 e. The summed E-state index contributed by atoms with van der Waals surface area (Å²) in [6.45, 7) is -0.0517. The molecule has 2 aromatic heterocycles. The number of nitrogens with one attached hydrogen (secondary N) is 1. The summed E-state index contributed by atoms with van der Waals surface area (Å²) in [6, 6.07) is 11.2. The van der Waals surface area contributed by atoms with Crippen molar-refractivity contribution in [1.82, 2.24) is 5.32 Å². The van der Waals surface area contributed by atoms with E-state index >= 15 is 0 Å². The van der Waals surface area contributed by atoms with E-state index in [2.05, 4.69) is 5.32 Å². The normalized spacial score (nSPS) is 12.0. The van der Waals surface area contributed by atoms with Gasteiger partial charge in [-0.15, -0.1) is 11.3 Å². The van der Waals surface area contributed by atoms with E-state index in [9.17, 15) is 14.3 Å². The summed E-state index contributed by atoms with van der Waals surface area (Å²) in [5, 5.41) is 14.6. The molecule has 2 N–H and O–H groups in total. The molecule has 0 fully saturated rings. The SMILES string of the molecule is COc1ccc(C(=O)NCC(O)c2ccc(-c3cccs3)o2)cc1F. The van der Waals surface area contributed by atoms with Gasteiger partial charge >= 0.3 is 0 Å². The van der Waals surface area contributed by atoms with Gasteiger partial charge < -0.3 is 19.6 Å². The second-order valence-electron chi connectivity index (χ2n) is 5.25. The molecule has 5 nitrogen and oxygen atoms in total. The van der Waals surface area contributed by atoms with Crippen molar-refractivity contribution >= 4 is 17.2 Å². The molecule has 1 aromatic carbocycles. The van der Waals surface area contributed by atoms with E-state index in [1.807, 2.05) is 17.5 Å². The number of furan rings is 1. The molecule has 1 unspecified atom stereocenters. The van der Waals surface area contributed by atoms with Crippen LogP contribution < -0.4 is 10.1 Å². The van der Waals surface area contributed by atoms with Crippen molar-refractivity contribution in [1.29, 1.82) is 0 Å². The second kappa shape index (κ2) is 7.50. The molecule has 0 aliphatic heterocycles. The maximum absolute atomic E-state index is 13.6. The lowest BCUT2D eigenvalue weighted by molar-refractivity contribution is 0.0901.